The van der Waals surface area contributed by atoms with Crippen LogP contribution in [0.15, 0.2) is 24.3 Å². The largest absolute Gasteiger partial charge is 0.349 e. The second kappa shape index (κ2) is 6.72. The summed E-state index contributed by atoms with van der Waals surface area (Å²) < 4.78 is 36.8. The van der Waals surface area contributed by atoms with Crippen LogP contribution in [0.3, 0.4) is 0 Å². The minimum Gasteiger partial charge on any atom is -0.349 e. The number of amides is 1. The lowest BCUT2D eigenvalue weighted by Gasteiger charge is -2.29. The van der Waals surface area contributed by atoms with E-state index in [0.717, 1.165) is 0 Å². The summed E-state index contributed by atoms with van der Waals surface area (Å²) in [5.41, 5.74) is 0.690. The third-order valence-corrected chi connectivity index (χ3v) is 4.98. The van der Waals surface area contributed by atoms with Gasteiger partial charge in [-0.2, -0.15) is 12.7 Å². The van der Waals surface area contributed by atoms with Crippen molar-refractivity contribution in [2.24, 2.45) is 11.1 Å². The molecule has 1 aromatic rings. The van der Waals surface area contributed by atoms with Crippen LogP contribution >= 0.6 is 0 Å². The van der Waals surface area contributed by atoms with Gasteiger partial charge in [-0.1, -0.05) is 12.1 Å². The molecule has 0 unspecified atom stereocenters. The topological polar surface area (TPSA) is 92.5 Å². The third-order valence-electron chi connectivity index (χ3n) is 3.89. The molecule has 2 rings (SSSR count). The molecular formula is C14H20FN3O3S. The fourth-order valence-electron chi connectivity index (χ4n) is 2.56. The predicted octanol–water partition coefficient (Wildman–Crippen LogP) is 0.918. The van der Waals surface area contributed by atoms with Crippen LogP contribution in [-0.4, -0.2) is 31.7 Å². The lowest BCUT2D eigenvalue weighted by Crippen LogP contribution is -2.45. The number of hydrogen-bond acceptors (Lipinski definition) is 3. The minimum absolute atomic E-state index is 0.147. The molecule has 0 bridgehead atoms. The van der Waals surface area contributed by atoms with E-state index in [-0.39, 0.29) is 36.8 Å². The number of nitrogens with two attached hydrogens (primary N) is 1. The first-order chi connectivity index (χ1) is 10.3. The molecule has 8 heteroatoms. The third kappa shape index (κ3) is 4.25. The summed E-state index contributed by atoms with van der Waals surface area (Å²) in [5.74, 6) is -0.750. The molecule has 0 aromatic heterocycles. The zero-order chi connectivity index (χ0) is 16.3. The van der Waals surface area contributed by atoms with Gasteiger partial charge in [-0.3, -0.25) is 4.79 Å². The van der Waals surface area contributed by atoms with Crippen LogP contribution in [0.1, 0.15) is 31.4 Å². The second-order valence-corrected chi connectivity index (χ2v) is 7.05. The van der Waals surface area contributed by atoms with Crippen molar-refractivity contribution in [3.05, 3.63) is 35.6 Å². The molecule has 1 aliphatic rings. The lowest BCUT2D eigenvalue weighted by atomic mass is 9.96. The van der Waals surface area contributed by atoms with Crippen molar-refractivity contribution in [2.75, 3.05) is 13.1 Å². The number of carbonyl (C=O) groups is 1. The number of nitrogens with one attached hydrogen (secondary N) is 1. The van der Waals surface area contributed by atoms with Gasteiger partial charge in [0.1, 0.15) is 5.82 Å². The molecule has 1 aliphatic heterocycles. The zero-order valence-electron chi connectivity index (χ0n) is 12.3. The highest BCUT2D eigenvalue weighted by atomic mass is 32.2. The zero-order valence-corrected chi connectivity index (χ0v) is 13.1. The van der Waals surface area contributed by atoms with Crippen molar-refractivity contribution in [3.63, 3.8) is 0 Å². The summed E-state index contributed by atoms with van der Waals surface area (Å²) in [6.45, 7) is 2.27. The Hall–Kier alpha value is -1.51. The molecule has 1 aromatic carbocycles. The van der Waals surface area contributed by atoms with Crippen LogP contribution < -0.4 is 10.5 Å². The highest BCUT2D eigenvalue weighted by Gasteiger charge is 2.29. The molecule has 0 aliphatic carbocycles. The normalized spacial score (nSPS) is 18.9. The molecule has 0 radical (unpaired) electrons. The van der Waals surface area contributed by atoms with Crippen molar-refractivity contribution in [1.82, 2.24) is 9.62 Å². The van der Waals surface area contributed by atoms with Gasteiger partial charge in [0.15, 0.2) is 0 Å². The van der Waals surface area contributed by atoms with Crippen molar-refractivity contribution in [2.45, 2.75) is 25.8 Å². The van der Waals surface area contributed by atoms with Crippen LogP contribution in [-0.2, 0) is 15.0 Å². The first-order valence-electron chi connectivity index (χ1n) is 7.11. The van der Waals surface area contributed by atoms with Gasteiger partial charge >= 0.3 is 0 Å². The summed E-state index contributed by atoms with van der Waals surface area (Å²) in [6.07, 6.45) is 0.857. The van der Waals surface area contributed by atoms with Crippen molar-refractivity contribution in [1.29, 1.82) is 0 Å². The van der Waals surface area contributed by atoms with Crippen molar-refractivity contribution in [3.8, 4) is 0 Å². The van der Waals surface area contributed by atoms with Crippen LogP contribution in [0.25, 0.3) is 0 Å². The highest BCUT2D eigenvalue weighted by Crippen LogP contribution is 2.20. The predicted molar refractivity (Wildman–Crippen MR) is 80.4 cm³/mol. The van der Waals surface area contributed by atoms with Crippen LogP contribution in [0, 0.1) is 11.7 Å². The number of piperidine rings is 1. The molecule has 3 N–H and O–H groups in total. The summed E-state index contributed by atoms with van der Waals surface area (Å²) in [6, 6.07) is 5.77. The average molecular weight is 329 g/mol. The molecular weight excluding hydrogens is 309 g/mol. The SMILES string of the molecule is C[C@H](NC(=O)C1CCN(S(N)(=O)=O)CC1)c1cccc(F)c1. The van der Waals surface area contributed by atoms with Crippen LogP contribution in [0.4, 0.5) is 4.39 Å². The molecule has 1 atom stereocenters. The molecule has 6 nitrogen and oxygen atoms in total. The first-order valence-corrected chi connectivity index (χ1v) is 8.61. The van der Waals surface area contributed by atoms with E-state index in [9.17, 15) is 17.6 Å². The minimum atomic E-state index is -3.69. The Morgan fingerprint density at radius 1 is 1.41 bits per heavy atom. The summed E-state index contributed by atoms with van der Waals surface area (Å²) in [5, 5.41) is 7.91. The molecule has 1 heterocycles. The fraction of sp³-hybridized carbons (Fsp3) is 0.500. The number of carbonyl (C=O) groups excluding carboxylic acids is 1. The Labute approximate surface area is 129 Å². The quantitative estimate of drug-likeness (QED) is 0.860. The van der Waals surface area contributed by atoms with Crippen LogP contribution in [0.5, 0.6) is 0 Å². The maximum Gasteiger partial charge on any atom is 0.276 e. The van der Waals surface area contributed by atoms with Gasteiger partial charge < -0.3 is 5.32 Å². The standard InChI is InChI=1S/C14H20FN3O3S/c1-10(12-3-2-4-13(15)9-12)17-14(19)11-5-7-18(8-6-11)22(16,20)21/h2-4,9-11H,5-8H2,1H3,(H,17,19)(H2,16,20,21)/t10-/m0/s1. The van der Waals surface area contributed by atoms with Gasteiger partial charge in [-0.15, -0.1) is 0 Å². The summed E-state index contributed by atoms with van der Waals surface area (Å²) >= 11 is 0. The van der Waals surface area contributed by atoms with Gasteiger partial charge in [0.2, 0.25) is 5.91 Å². The van der Waals surface area contributed by atoms with E-state index in [0.29, 0.717) is 18.4 Å². The molecule has 0 saturated carbocycles. The average Bonchev–Trinajstić information content (AvgIpc) is 2.46. The van der Waals surface area contributed by atoms with Crippen molar-refractivity contribution >= 4 is 16.1 Å². The van der Waals surface area contributed by atoms with Crippen LogP contribution in [0.2, 0.25) is 0 Å². The molecule has 22 heavy (non-hydrogen) atoms. The van der Waals surface area contributed by atoms with Gasteiger partial charge in [-0.05, 0) is 37.5 Å². The number of hydrogen-bond donors (Lipinski definition) is 2. The maximum absolute atomic E-state index is 13.2. The second-order valence-electron chi connectivity index (χ2n) is 5.50. The van der Waals surface area contributed by atoms with Gasteiger partial charge in [-0.25, -0.2) is 9.53 Å². The molecule has 1 fully saturated rings. The molecule has 1 amide bonds. The smallest absolute Gasteiger partial charge is 0.276 e. The highest BCUT2D eigenvalue weighted by molar-refractivity contribution is 7.86. The van der Waals surface area contributed by atoms with Gasteiger partial charge in [0.05, 0.1) is 6.04 Å². The van der Waals surface area contributed by atoms with E-state index in [1.54, 1.807) is 19.1 Å². The fourth-order valence-corrected chi connectivity index (χ4v) is 3.28. The van der Waals surface area contributed by atoms with E-state index < -0.39 is 10.2 Å². The number of rotatable bonds is 4. The monoisotopic (exact) mass is 329 g/mol. The summed E-state index contributed by atoms with van der Waals surface area (Å²) in [7, 11) is -3.69. The number of benzene rings is 1. The van der Waals surface area contributed by atoms with E-state index in [1.807, 2.05) is 0 Å². The van der Waals surface area contributed by atoms with E-state index in [4.69, 9.17) is 5.14 Å². The number of halogens is 1. The Morgan fingerprint density at radius 2 is 2.05 bits per heavy atom. The Bertz CT molecular complexity index is 642. The van der Waals surface area contributed by atoms with Crippen molar-refractivity contribution < 1.29 is 17.6 Å². The lowest BCUT2D eigenvalue weighted by molar-refractivity contribution is -0.126. The first kappa shape index (κ1) is 16.9. The van der Waals surface area contributed by atoms with Gasteiger partial charge in [0.25, 0.3) is 10.2 Å². The van der Waals surface area contributed by atoms with E-state index in [2.05, 4.69) is 5.32 Å². The Morgan fingerprint density at radius 3 is 2.59 bits per heavy atom. The number of nitrogens with zero attached hydrogens (tertiary/aromatic N) is 1. The molecule has 122 valence electrons. The molecule has 1 saturated heterocycles. The van der Waals surface area contributed by atoms with Gasteiger partial charge in [0, 0.05) is 19.0 Å². The Balaban J connectivity index is 1.91. The van der Waals surface area contributed by atoms with E-state index >= 15 is 0 Å². The van der Waals surface area contributed by atoms with E-state index in [1.165, 1.54) is 16.4 Å². The maximum atomic E-state index is 13.2. The summed E-state index contributed by atoms with van der Waals surface area (Å²) in [4.78, 5) is 12.2. The molecule has 0 spiro atoms. The Kier molecular flexibility index (Phi) is 5.15.